The van der Waals surface area contributed by atoms with E-state index in [0.29, 0.717) is 6.54 Å². The number of hydrogen-bond donors (Lipinski definition) is 2. The average Bonchev–Trinajstić information content (AvgIpc) is 2.48. The Bertz CT molecular complexity index is 553. The molecule has 1 aromatic rings. The summed E-state index contributed by atoms with van der Waals surface area (Å²) in [7, 11) is 0. The van der Waals surface area contributed by atoms with Gasteiger partial charge < -0.3 is 20.6 Å². The fourth-order valence-electron chi connectivity index (χ4n) is 1.89. The molecule has 2 rings (SSSR count). The van der Waals surface area contributed by atoms with E-state index in [4.69, 9.17) is 27.3 Å². The second-order valence-corrected chi connectivity index (χ2v) is 4.67. The van der Waals surface area contributed by atoms with Crippen molar-refractivity contribution < 1.29 is 19.1 Å². The van der Waals surface area contributed by atoms with Crippen molar-refractivity contribution in [2.45, 2.75) is 6.10 Å². The number of carbonyl (C=O) groups excluding carboxylic acids is 1. The number of benzene rings is 1. The molecule has 1 saturated heterocycles. The van der Waals surface area contributed by atoms with E-state index < -0.39 is 11.9 Å². The molecule has 1 aromatic carbocycles. The smallest absolute Gasteiger partial charge is 0.254 e. The summed E-state index contributed by atoms with van der Waals surface area (Å²) in [6.07, 6.45) is -0.659. The van der Waals surface area contributed by atoms with Crippen LogP contribution in [0.5, 0.6) is 0 Å². The van der Waals surface area contributed by atoms with E-state index in [2.05, 4.69) is 5.16 Å². The number of nitrogens with zero attached hydrogens (tertiary/aromatic N) is 2. The maximum atomic E-state index is 13.1. The van der Waals surface area contributed by atoms with E-state index in [1.54, 1.807) is 0 Å². The van der Waals surface area contributed by atoms with E-state index in [1.807, 2.05) is 0 Å². The average molecular weight is 302 g/mol. The lowest BCUT2D eigenvalue weighted by Gasteiger charge is -2.32. The standard InChI is InChI=1S/C12H13ClFN3O3/c13-8-5-7(1-2-9(8)14)12(18)17-3-4-20-10(6-17)11(15)16-19/h1-2,5,10,19H,3-4,6H2,(H2,15,16). The largest absolute Gasteiger partial charge is 0.409 e. The molecule has 1 heterocycles. The summed E-state index contributed by atoms with van der Waals surface area (Å²) in [5.74, 6) is -0.995. The van der Waals surface area contributed by atoms with E-state index in [9.17, 15) is 9.18 Å². The van der Waals surface area contributed by atoms with E-state index in [-0.39, 0.29) is 35.5 Å². The second-order valence-electron chi connectivity index (χ2n) is 4.26. The molecule has 1 aliphatic heterocycles. The highest BCUT2D eigenvalue weighted by Crippen LogP contribution is 2.18. The molecule has 0 saturated carbocycles. The molecule has 3 N–H and O–H groups in total. The van der Waals surface area contributed by atoms with Crippen LogP contribution in [0.15, 0.2) is 23.4 Å². The SMILES string of the molecule is N/C(=N/O)C1CN(C(=O)c2ccc(F)c(Cl)c2)CCO1. The number of halogens is 2. The number of carbonyl (C=O) groups is 1. The number of rotatable bonds is 2. The fourth-order valence-corrected chi connectivity index (χ4v) is 2.07. The van der Waals surface area contributed by atoms with Crippen LogP contribution < -0.4 is 5.73 Å². The van der Waals surface area contributed by atoms with Gasteiger partial charge in [0.1, 0.15) is 11.9 Å². The highest BCUT2D eigenvalue weighted by molar-refractivity contribution is 6.31. The first-order valence-electron chi connectivity index (χ1n) is 5.86. The summed E-state index contributed by atoms with van der Waals surface area (Å²) in [6.45, 7) is 0.786. The first-order valence-corrected chi connectivity index (χ1v) is 6.24. The first-order chi connectivity index (χ1) is 9.52. The van der Waals surface area contributed by atoms with Crippen molar-refractivity contribution in [3.8, 4) is 0 Å². The van der Waals surface area contributed by atoms with Gasteiger partial charge in [0.15, 0.2) is 5.84 Å². The van der Waals surface area contributed by atoms with Gasteiger partial charge in [-0.1, -0.05) is 16.8 Å². The molecular formula is C12H13ClFN3O3. The number of nitrogens with two attached hydrogens (primary N) is 1. The molecule has 1 unspecified atom stereocenters. The van der Waals surface area contributed by atoms with Crippen molar-refractivity contribution in [3.63, 3.8) is 0 Å². The van der Waals surface area contributed by atoms with E-state index in [1.165, 1.54) is 17.0 Å². The molecule has 0 aromatic heterocycles. The zero-order valence-corrected chi connectivity index (χ0v) is 11.2. The molecule has 20 heavy (non-hydrogen) atoms. The van der Waals surface area contributed by atoms with Gasteiger partial charge in [-0.15, -0.1) is 0 Å². The van der Waals surface area contributed by atoms with Crippen molar-refractivity contribution >= 4 is 23.3 Å². The Balaban J connectivity index is 2.14. The van der Waals surface area contributed by atoms with Gasteiger partial charge in [-0.2, -0.15) is 0 Å². The maximum Gasteiger partial charge on any atom is 0.254 e. The van der Waals surface area contributed by atoms with Crippen molar-refractivity contribution in [1.82, 2.24) is 4.90 Å². The minimum Gasteiger partial charge on any atom is -0.409 e. The van der Waals surface area contributed by atoms with Crippen molar-refractivity contribution in [3.05, 3.63) is 34.6 Å². The predicted molar refractivity (Wildman–Crippen MR) is 70.5 cm³/mol. The van der Waals surface area contributed by atoms with E-state index >= 15 is 0 Å². The third-order valence-electron chi connectivity index (χ3n) is 2.97. The Morgan fingerprint density at radius 3 is 3.00 bits per heavy atom. The molecule has 0 bridgehead atoms. The van der Waals surface area contributed by atoms with Crippen LogP contribution >= 0.6 is 11.6 Å². The van der Waals surface area contributed by atoms with Gasteiger partial charge >= 0.3 is 0 Å². The zero-order chi connectivity index (χ0) is 14.7. The summed E-state index contributed by atoms with van der Waals surface area (Å²) < 4.78 is 18.4. The summed E-state index contributed by atoms with van der Waals surface area (Å²) in [5.41, 5.74) is 5.73. The lowest BCUT2D eigenvalue weighted by molar-refractivity contribution is 0.00675. The second kappa shape index (κ2) is 6.06. The highest BCUT2D eigenvalue weighted by Gasteiger charge is 2.27. The van der Waals surface area contributed by atoms with Gasteiger partial charge in [0.25, 0.3) is 5.91 Å². The Morgan fingerprint density at radius 2 is 2.35 bits per heavy atom. The van der Waals surface area contributed by atoms with E-state index in [0.717, 1.165) is 6.07 Å². The molecule has 6 nitrogen and oxygen atoms in total. The lowest BCUT2D eigenvalue weighted by atomic mass is 10.1. The molecular weight excluding hydrogens is 289 g/mol. The van der Waals surface area contributed by atoms with Gasteiger partial charge in [-0.25, -0.2) is 4.39 Å². The molecule has 1 atom stereocenters. The number of morpholine rings is 1. The van der Waals surface area contributed by atoms with Crippen molar-refractivity contribution in [1.29, 1.82) is 0 Å². The van der Waals surface area contributed by atoms with Gasteiger partial charge in [-0.05, 0) is 18.2 Å². The molecule has 0 radical (unpaired) electrons. The van der Waals surface area contributed by atoms with Crippen molar-refractivity contribution in [2.75, 3.05) is 19.7 Å². The zero-order valence-electron chi connectivity index (χ0n) is 10.4. The molecule has 1 fully saturated rings. The quantitative estimate of drug-likeness (QED) is 0.370. The van der Waals surface area contributed by atoms with Crippen LogP contribution in [0.2, 0.25) is 5.02 Å². The summed E-state index contributed by atoms with van der Waals surface area (Å²) in [4.78, 5) is 13.7. The Kier molecular flexibility index (Phi) is 4.41. The van der Waals surface area contributed by atoms with Crippen LogP contribution in [0.3, 0.4) is 0 Å². The minimum absolute atomic E-state index is 0.0976. The normalized spacial score (nSPS) is 20.0. The number of amides is 1. The Hall–Kier alpha value is -1.86. The van der Waals surface area contributed by atoms with Crippen LogP contribution in [0.1, 0.15) is 10.4 Å². The topological polar surface area (TPSA) is 88.2 Å². The van der Waals surface area contributed by atoms with Gasteiger partial charge in [0, 0.05) is 12.1 Å². The Morgan fingerprint density at radius 1 is 1.60 bits per heavy atom. The molecule has 8 heteroatoms. The molecule has 1 aliphatic rings. The molecule has 1 amide bonds. The highest BCUT2D eigenvalue weighted by atomic mass is 35.5. The number of hydrogen-bond acceptors (Lipinski definition) is 4. The van der Waals surface area contributed by atoms with Crippen molar-refractivity contribution in [2.24, 2.45) is 10.9 Å². The molecule has 0 aliphatic carbocycles. The van der Waals surface area contributed by atoms with Crippen LogP contribution in [-0.2, 0) is 4.74 Å². The van der Waals surface area contributed by atoms with Crippen LogP contribution in [0, 0.1) is 5.82 Å². The third kappa shape index (κ3) is 3.00. The first kappa shape index (κ1) is 14.5. The number of amidine groups is 1. The number of ether oxygens (including phenoxy) is 1. The van der Waals surface area contributed by atoms with Crippen LogP contribution in [0.25, 0.3) is 0 Å². The monoisotopic (exact) mass is 301 g/mol. The lowest BCUT2D eigenvalue weighted by Crippen LogP contribution is -2.50. The van der Waals surface area contributed by atoms with Gasteiger partial charge in [0.2, 0.25) is 0 Å². The van der Waals surface area contributed by atoms with Gasteiger partial charge in [-0.3, -0.25) is 4.79 Å². The maximum absolute atomic E-state index is 13.1. The fraction of sp³-hybridized carbons (Fsp3) is 0.333. The minimum atomic E-state index is -0.659. The van der Waals surface area contributed by atoms with Gasteiger partial charge in [0.05, 0.1) is 18.2 Å². The molecule has 108 valence electrons. The number of oxime groups is 1. The summed E-state index contributed by atoms with van der Waals surface area (Å²) in [5, 5.41) is 11.4. The summed E-state index contributed by atoms with van der Waals surface area (Å²) >= 11 is 5.66. The summed E-state index contributed by atoms with van der Waals surface area (Å²) in [6, 6.07) is 3.77. The Labute approximate surface area is 119 Å². The van der Waals surface area contributed by atoms with Crippen LogP contribution in [-0.4, -0.2) is 47.7 Å². The predicted octanol–water partition coefficient (Wildman–Crippen LogP) is 1.07. The third-order valence-corrected chi connectivity index (χ3v) is 3.26. The molecule has 0 spiro atoms. The van der Waals surface area contributed by atoms with Crippen LogP contribution in [0.4, 0.5) is 4.39 Å².